The standard InChI is InChI=1S/C9H22O3SSi/c1-4-9(11-8(2)10-3)12-14-7-5-6-13/h8-9,13H,4-7,14H2,1-3H3. The summed E-state index contributed by atoms with van der Waals surface area (Å²) in [4.78, 5) is 0. The van der Waals surface area contributed by atoms with Crippen LogP contribution in [0.2, 0.25) is 6.04 Å². The topological polar surface area (TPSA) is 27.7 Å². The molecule has 3 nitrogen and oxygen atoms in total. The monoisotopic (exact) mass is 238 g/mol. The first-order valence-electron chi connectivity index (χ1n) is 5.15. The molecule has 0 bridgehead atoms. The Balaban J connectivity index is 3.47. The van der Waals surface area contributed by atoms with E-state index in [1.807, 2.05) is 6.92 Å². The van der Waals surface area contributed by atoms with Gasteiger partial charge in [-0.1, -0.05) is 6.92 Å². The van der Waals surface area contributed by atoms with Crippen molar-refractivity contribution in [3.8, 4) is 0 Å². The van der Waals surface area contributed by atoms with Gasteiger partial charge in [-0.2, -0.15) is 12.6 Å². The lowest BCUT2D eigenvalue weighted by atomic mass is 10.5. The van der Waals surface area contributed by atoms with Crippen LogP contribution in [-0.2, 0) is 13.9 Å². The molecular formula is C9H22O3SSi. The van der Waals surface area contributed by atoms with Crippen LogP contribution in [0.1, 0.15) is 26.7 Å². The average molecular weight is 238 g/mol. The van der Waals surface area contributed by atoms with E-state index in [4.69, 9.17) is 13.9 Å². The molecule has 0 aromatic rings. The largest absolute Gasteiger partial charge is 0.400 e. The van der Waals surface area contributed by atoms with Gasteiger partial charge >= 0.3 is 0 Å². The Kier molecular flexibility index (Phi) is 10.3. The molecule has 0 saturated heterocycles. The molecule has 0 aliphatic carbocycles. The second kappa shape index (κ2) is 9.98. The molecular weight excluding hydrogens is 216 g/mol. The molecule has 0 rings (SSSR count). The highest BCUT2D eigenvalue weighted by Gasteiger charge is 2.10. The van der Waals surface area contributed by atoms with Crippen molar-refractivity contribution in [2.75, 3.05) is 12.9 Å². The van der Waals surface area contributed by atoms with E-state index in [9.17, 15) is 0 Å². The van der Waals surface area contributed by atoms with Crippen LogP contribution >= 0.6 is 12.6 Å². The Hall–Kier alpha value is 0.447. The number of ether oxygens (including phenoxy) is 2. The van der Waals surface area contributed by atoms with Crippen molar-refractivity contribution >= 4 is 22.4 Å². The summed E-state index contributed by atoms with van der Waals surface area (Å²) in [5.74, 6) is 0.947. The molecule has 0 amide bonds. The van der Waals surface area contributed by atoms with Crippen LogP contribution in [0.5, 0.6) is 0 Å². The number of thiol groups is 1. The number of rotatable bonds is 9. The van der Waals surface area contributed by atoms with E-state index < -0.39 is 9.76 Å². The normalized spacial score (nSPS) is 16.3. The van der Waals surface area contributed by atoms with E-state index in [0.717, 1.165) is 18.6 Å². The average Bonchev–Trinajstić information content (AvgIpc) is 2.22. The molecule has 0 aliphatic rings. The van der Waals surface area contributed by atoms with Crippen molar-refractivity contribution in [2.45, 2.75) is 45.3 Å². The zero-order valence-electron chi connectivity index (χ0n) is 9.36. The maximum atomic E-state index is 5.67. The maximum absolute atomic E-state index is 5.67. The number of hydrogen-bond acceptors (Lipinski definition) is 4. The van der Waals surface area contributed by atoms with Gasteiger partial charge in [-0.25, -0.2) is 0 Å². The summed E-state index contributed by atoms with van der Waals surface area (Å²) in [5, 5.41) is 0. The van der Waals surface area contributed by atoms with Crippen molar-refractivity contribution in [3.05, 3.63) is 0 Å². The molecule has 0 heterocycles. The van der Waals surface area contributed by atoms with Crippen LogP contribution < -0.4 is 0 Å². The van der Waals surface area contributed by atoms with Gasteiger partial charge in [0.15, 0.2) is 16.1 Å². The Bertz CT molecular complexity index is 127. The van der Waals surface area contributed by atoms with Crippen LogP contribution in [0.3, 0.4) is 0 Å². The van der Waals surface area contributed by atoms with E-state index in [0.29, 0.717) is 0 Å². The molecule has 2 unspecified atom stereocenters. The quantitative estimate of drug-likeness (QED) is 0.286. The molecule has 0 saturated carbocycles. The maximum Gasteiger partial charge on any atom is 0.165 e. The van der Waals surface area contributed by atoms with Crippen molar-refractivity contribution in [1.29, 1.82) is 0 Å². The lowest BCUT2D eigenvalue weighted by Crippen LogP contribution is -2.24. The fourth-order valence-electron chi connectivity index (χ4n) is 0.951. The Morgan fingerprint density at radius 2 is 2.14 bits per heavy atom. The third kappa shape index (κ3) is 7.81. The summed E-state index contributed by atoms with van der Waals surface area (Å²) in [7, 11) is 1.20. The number of hydrogen-bond donors (Lipinski definition) is 1. The third-order valence-electron chi connectivity index (χ3n) is 1.86. The van der Waals surface area contributed by atoms with Gasteiger partial charge in [-0.15, -0.1) is 0 Å². The van der Waals surface area contributed by atoms with Gasteiger partial charge in [0.25, 0.3) is 0 Å². The van der Waals surface area contributed by atoms with Crippen molar-refractivity contribution in [3.63, 3.8) is 0 Å². The van der Waals surface area contributed by atoms with Gasteiger partial charge in [0.2, 0.25) is 0 Å². The molecule has 14 heavy (non-hydrogen) atoms. The van der Waals surface area contributed by atoms with Crippen molar-refractivity contribution in [1.82, 2.24) is 0 Å². The van der Waals surface area contributed by atoms with Crippen LogP contribution in [0.4, 0.5) is 0 Å². The molecule has 86 valence electrons. The van der Waals surface area contributed by atoms with Crippen molar-refractivity contribution < 1.29 is 13.9 Å². The van der Waals surface area contributed by atoms with Gasteiger partial charge in [0.05, 0.1) is 0 Å². The highest BCUT2D eigenvalue weighted by atomic mass is 32.1. The number of methoxy groups -OCH3 is 1. The summed E-state index contributed by atoms with van der Waals surface area (Å²) >= 11 is 4.15. The van der Waals surface area contributed by atoms with E-state index >= 15 is 0 Å². The first-order chi connectivity index (χ1) is 6.74. The van der Waals surface area contributed by atoms with Gasteiger partial charge in [0.1, 0.15) is 6.29 Å². The Morgan fingerprint density at radius 1 is 1.43 bits per heavy atom. The predicted molar refractivity (Wildman–Crippen MR) is 64.5 cm³/mol. The van der Waals surface area contributed by atoms with E-state index in [-0.39, 0.29) is 12.6 Å². The zero-order valence-corrected chi connectivity index (χ0v) is 11.7. The SMILES string of the molecule is CCC(O[SiH2]CCCS)OC(C)OC. The molecule has 0 aliphatic heterocycles. The zero-order chi connectivity index (χ0) is 10.8. The fraction of sp³-hybridized carbons (Fsp3) is 1.00. The third-order valence-corrected chi connectivity index (χ3v) is 3.58. The van der Waals surface area contributed by atoms with E-state index in [1.165, 1.54) is 6.04 Å². The molecule has 0 fully saturated rings. The molecule has 0 aromatic heterocycles. The summed E-state index contributed by atoms with van der Waals surface area (Å²) in [6.45, 7) is 3.93. The molecule has 0 N–H and O–H groups in total. The minimum absolute atomic E-state index is 0.0865. The summed E-state index contributed by atoms with van der Waals surface area (Å²) in [5.41, 5.74) is 0. The summed E-state index contributed by atoms with van der Waals surface area (Å²) in [6.07, 6.45) is 1.75. The second-order valence-corrected chi connectivity index (χ2v) is 4.97. The molecule has 0 radical (unpaired) electrons. The summed E-state index contributed by atoms with van der Waals surface area (Å²) < 4.78 is 16.2. The van der Waals surface area contributed by atoms with Gasteiger partial charge in [-0.3, -0.25) is 0 Å². The molecule has 2 atom stereocenters. The van der Waals surface area contributed by atoms with Gasteiger partial charge < -0.3 is 13.9 Å². The van der Waals surface area contributed by atoms with E-state index in [2.05, 4.69) is 19.6 Å². The van der Waals surface area contributed by atoms with Crippen LogP contribution in [0, 0.1) is 0 Å². The minimum atomic E-state index is -0.438. The first-order valence-corrected chi connectivity index (χ1v) is 7.36. The Labute approximate surface area is 94.9 Å². The lowest BCUT2D eigenvalue weighted by molar-refractivity contribution is -0.201. The van der Waals surface area contributed by atoms with Gasteiger partial charge in [-0.05, 0) is 31.6 Å². The minimum Gasteiger partial charge on any atom is -0.400 e. The smallest absolute Gasteiger partial charge is 0.165 e. The van der Waals surface area contributed by atoms with Crippen LogP contribution in [0.25, 0.3) is 0 Å². The molecule has 0 aromatic carbocycles. The van der Waals surface area contributed by atoms with E-state index in [1.54, 1.807) is 7.11 Å². The lowest BCUT2D eigenvalue weighted by Gasteiger charge is -2.20. The van der Waals surface area contributed by atoms with Crippen molar-refractivity contribution in [2.24, 2.45) is 0 Å². The van der Waals surface area contributed by atoms with Crippen LogP contribution in [-0.4, -0.2) is 35.2 Å². The molecule has 5 heteroatoms. The summed E-state index contributed by atoms with van der Waals surface area (Å²) in [6, 6.07) is 1.17. The second-order valence-electron chi connectivity index (χ2n) is 3.08. The fourth-order valence-corrected chi connectivity index (χ4v) is 2.79. The Morgan fingerprint density at radius 3 is 2.64 bits per heavy atom. The highest BCUT2D eigenvalue weighted by molar-refractivity contribution is 7.80. The highest BCUT2D eigenvalue weighted by Crippen LogP contribution is 2.05. The molecule has 0 spiro atoms. The van der Waals surface area contributed by atoms with Crippen LogP contribution in [0.15, 0.2) is 0 Å². The van der Waals surface area contributed by atoms with Gasteiger partial charge in [0, 0.05) is 7.11 Å². The first kappa shape index (κ1) is 14.4. The predicted octanol–water partition coefficient (Wildman–Crippen LogP) is 1.57.